The number of nitrogens with one attached hydrogen (secondary N) is 1. The van der Waals surface area contributed by atoms with Gasteiger partial charge < -0.3 is 10.1 Å². The molecule has 3 nitrogen and oxygen atoms in total. The number of carbonyl (C=O) groups is 1. The van der Waals surface area contributed by atoms with Crippen molar-refractivity contribution in [2.45, 2.75) is 6.61 Å². The molecule has 2 aromatic rings. The van der Waals surface area contributed by atoms with Gasteiger partial charge in [-0.3, -0.25) is 4.79 Å². The second kappa shape index (κ2) is 6.33. The molecule has 2 rings (SSSR count). The van der Waals surface area contributed by atoms with E-state index in [9.17, 15) is 9.18 Å². The van der Waals surface area contributed by atoms with Gasteiger partial charge in [-0.2, -0.15) is 0 Å². The predicted molar refractivity (Wildman–Crippen MR) is 74.6 cm³/mol. The highest BCUT2D eigenvalue weighted by molar-refractivity contribution is 9.10. The Labute approximate surface area is 118 Å². The molecule has 0 unspecified atom stereocenters. The van der Waals surface area contributed by atoms with Gasteiger partial charge in [0.15, 0.2) is 11.6 Å². The molecule has 0 aliphatic rings. The summed E-state index contributed by atoms with van der Waals surface area (Å²) >= 11 is 3.22. The number of halogens is 2. The minimum atomic E-state index is -0.533. The zero-order valence-corrected chi connectivity index (χ0v) is 11.5. The third kappa shape index (κ3) is 3.54. The highest BCUT2D eigenvalue weighted by atomic mass is 79.9. The van der Waals surface area contributed by atoms with Crippen LogP contribution in [0.1, 0.15) is 5.56 Å². The first-order chi connectivity index (χ1) is 9.20. The molecule has 0 fully saturated rings. The average Bonchev–Trinajstić information content (AvgIpc) is 2.39. The van der Waals surface area contributed by atoms with Gasteiger partial charge in [0.25, 0.3) is 0 Å². The number of rotatable bonds is 5. The topological polar surface area (TPSA) is 38.3 Å². The summed E-state index contributed by atoms with van der Waals surface area (Å²) in [5.74, 6) is -0.407. The zero-order valence-electron chi connectivity index (χ0n) is 9.90. The molecule has 0 radical (unpaired) electrons. The Bertz CT molecular complexity index is 552. The van der Waals surface area contributed by atoms with Gasteiger partial charge in [-0.1, -0.05) is 30.3 Å². The number of anilines is 1. The van der Waals surface area contributed by atoms with E-state index < -0.39 is 5.82 Å². The van der Waals surface area contributed by atoms with Crippen molar-refractivity contribution in [3.63, 3.8) is 0 Å². The number of amides is 1. The van der Waals surface area contributed by atoms with Crippen molar-refractivity contribution in [2.24, 2.45) is 0 Å². The Morgan fingerprint density at radius 3 is 2.63 bits per heavy atom. The van der Waals surface area contributed by atoms with Crippen molar-refractivity contribution in [1.29, 1.82) is 0 Å². The number of carbonyl (C=O) groups excluding carboxylic acids is 1. The van der Waals surface area contributed by atoms with Crippen molar-refractivity contribution in [3.05, 3.63) is 58.3 Å². The molecule has 0 spiro atoms. The largest absolute Gasteiger partial charge is 0.485 e. The molecule has 0 aromatic heterocycles. The van der Waals surface area contributed by atoms with E-state index in [4.69, 9.17) is 4.74 Å². The standard InChI is InChI=1S/C14H11BrFNO2/c15-12-6-11(17-9-18)7-13(16)14(12)19-8-10-4-2-1-3-5-10/h1-7,9H,8H2,(H,17,18). The van der Waals surface area contributed by atoms with Crippen LogP contribution in [-0.4, -0.2) is 6.41 Å². The predicted octanol–water partition coefficient (Wildman–Crippen LogP) is 3.74. The van der Waals surface area contributed by atoms with Crippen LogP contribution in [0.4, 0.5) is 10.1 Å². The second-order valence-electron chi connectivity index (χ2n) is 3.81. The van der Waals surface area contributed by atoms with E-state index >= 15 is 0 Å². The van der Waals surface area contributed by atoms with Crippen LogP contribution in [0, 0.1) is 5.82 Å². The van der Waals surface area contributed by atoms with Crippen LogP contribution in [0.25, 0.3) is 0 Å². The first-order valence-corrected chi connectivity index (χ1v) is 6.36. The van der Waals surface area contributed by atoms with E-state index in [0.717, 1.165) is 5.56 Å². The first-order valence-electron chi connectivity index (χ1n) is 5.56. The summed E-state index contributed by atoms with van der Waals surface area (Å²) in [4.78, 5) is 10.3. The summed E-state index contributed by atoms with van der Waals surface area (Å²) in [6.45, 7) is 0.275. The van der Waals surface area contributed by atoms with Gasteiger partial charge in [-0.15, -0.1) is 0 Å². The van der Waals surface area contributed by atoms with Crippen LogP contribution in [0.5, 0.6) is 5.75 Å². The van der Waals surface area contributed by atoms with Crippen molar-refractivity contribution < 1.29 is 13.9 Å². The molecule has 2 aromatic carbocycles. The Morgan fingerprint density at radius 2 is 2.00 bits per heavy atom. The summed E-state index contributed by atoms with van der Waals surface area (Å²) in [6, 6.07) is 12.3. The Hall–Kier alpha value is -1.88. The van der Waals surface area contributed by atoms with Gasteiger partial charge in [0.05, 0.1) is 4.47 Å². The summed E-state index contributed by atoms with van der Waals surface area (Å²) < 4.78 is 19.7. The van der Waals surface area contributed by atoms with E-state index in [1.165, 1.54) is 6.07 Å². The Kier molecular flexibility index (Phi) is 4.52. The number of hydrogen-bond acceptors (Lipinski definition) is 2. The average molecular weight is 324 g/mol. The van der Waals surface area contributed by atoms with E-state index in [-0.39, 0.29) is 12.4 Å². The summed E-state index contributed by atoms with van der Waals surface area (Å²) in [6.07, 6.45) is 0.492. The van der Waals surface area contributed by atoms with E-state index in [1.54, 1.807) is 6.07 Å². The van der Waals surface area contributed by atoms with Crippen LogP contribution >= 0.6 is 15.9 Å². The molecule has 0 atom stereocenters. The molecular weight excluding hydrogens is 313 g/mol. The highest BCUT2D eigenvalue weighted by Crippen LogP contribution is 2.32. The maximum atomic E-state index is 13.8. The highest BCUT2D eigenvalue weighted by Gasteiger charge is 2.11. The molecule has 1 amide bonds. The molecule has 98 valence electrons. The third-order valence-corrected chi connectivity index (χ3v) is 3.04. The fraction of sp³-hybridized carbons (Fsp3) is 0.0714. The minimum Gasteiger partial charge on any atom is -0.485 e. The lowest BCUT2D eigenvalue weighted by Crippen LogP contribution is -2.00. The quantitative estimate of drug-likeness (QED) is 0.851. The maximum absolute atomic E-state index is 13.8. The summed E-state index contributed by atoms with van der Waals surface area (Å²) in [5.41, 5.74) is 1.32. The van der Waals surface area contributed by atoms with Crippen LogP contribution < -0.4 is 10.1 Å². The lowest BCUT2D eigenvalue weighted by molar-refractivity contribution is -0.105. The monoisotopic (exact) mass is 323 g/mol. The SMILES string of the molecule is O=CNc1cc(F)c(OCc2ccccc2)c(Br)c1. The summed E-state index contributed by atoms with van der Waals surface area (Å²) in [7, 11) is 0. The van der Waals surface area contributed by atoms with Crippen molar-refractivity contribution >= 4 is 28.0 Å². The van der Waals surface area contributed by atoms with Crippen LogP contribution in [0.3, 0.4) is 0 Å². The molecule has 0 saturated carbocycles. The molecule has 0 heterocycles. The summed E-state index contributed by atoms with van der Waals surface area (Å²) in [5, 5.41) is 2.38. The molecule has 0 aliphatic heterocycles. The fourth-order valence-corrected chi connectivity index (χ4v) is 2.13. The van der Waals surface area contributed by atoms with Gasteiger partial charge in [0.2, 0.25) is 6.41 Å². The van der Waals surface area contributed by atoms with Gasteiger partial charge in [-0.25, -0.2) is 4.39 Å². The lowest BCUT2D eigenvalue weighted by atomic mass is 10.2. The van der Waals surface area contributed by atoms with Gasteiger partial charge in [0.1, 0.15) is 6.61 Å². The van der Waals surface area contributed by atoms with Crippen molar-refractivity contribution in [1.82, 2.24) is 0 Å². The van der Waals surface area contributed by atoms with Crippen molar-refractivity contribution in [2.75, 3.05) is 5.32 Å². The Morgan fingerprint density at radius 1 is 1.26 bits per heavy atom. The maximum Gasteiger partial charge on any atom is 0.211 e. The molecule has 19 heavy (non-hydrogen) atoms. The number of benzene rings is 2. The molecule has 1 N–H and O–H groups in total. The molecule has 0 saturated heterocycles. The number of hydrogen-bond donors (Lipinski definition) is 1. The van der Waals surface area contributed by atoms with Crippen LogP contribution in [0.15, 0.2) is 46.9 Å². The zero-order chi connectivity index (χ0) is 13.7. The van der Waals surface area contributed by atoms with Gasteiger partial charge in [-0.05, 0) is 27.6 Å². The molecular formula is C14H11BrFNO2. The van der Waals surface area contributed by atoms with Crippen LogP contribution in [-0.2, 0) is 11.4 Å². The lowest BCUT2D eigenvalue weighted by Gasteiger charge is -2.11. The van der Waals surface area contributed by atoms with E-state index in [0.29, 0.717) is 16.6 Å². The fourth-order valence-electron chi connectivity index (χ4n) is 1.58. The van der Waals surface area contributed by atoms with Crippen LogP contribution in [0.2, 0.25) is 0 Å². The molecule has 0 bridgehead atoms. The molecule has 5 heteroatoms. The smallest absolute Gasteiger partial charge is 0.211 e. The molecule has 0 aliphatic carbocycles. The van der Waals surface area contributed by atoms with E-state index in [2.05, 4.69) is 21.2 Å². The minimum absolute atomic E-state index is 0.125. The number of ether oxygens (including phenoxy) is 1. The second-order valence-corrected chi connectivity index (χ2v) is 4.66. The Balaban J connectivity index is 2.14. The van der Waals surface area contributed by atoms with Gasteiger partial charge >= 0.3 is 0 Å². The normalized spacial score (nSPS) is 10.0. The van der Waals surface area contributed by atoms with E-state index in [1.807, 2.05) is 30.3 Å². The van der Waals surface area contributed by atoms with Gasteiger partial charge in [0, 0.05) is 11.8 Å². The first kappa shape index (κ1) is 13.5. The third-order valence-electron chi connectivity index (χ3n) is 2.45. The van der Waals surface area contributed by atoms with Crippen molar-refractivity contribution in [3.8, 4) is 5.75 Å².